The molecule has 0 radical (unpaired) electrons. The van der Waals surface area contributed by atoms with Gasteiger partial charge >= 0.3 is 6.18 Å². The first-order valence-electron chi connectivity index (χ1n) is 11.3. The molecular formula is C27H23F3N5O+. The molecule has 0 saturated heterocycles. The molecule has 6 nitrogen and oxygen atoms in total. The zero-order valence-electron chi connectivity index (χ0n) is 19.5. The van der Waals surface area contributed by atoms with Gasteiger partial charge in [-0.15, -0.1) is 4.59 Å². The molecule has 3 aromatic rings. The molecule has 182 valence electrons. The Morgan fingerprint density at radius 2 is 1.78 bits per heavy atom. The number of amidine groups is 1. The Morgan fingerprint density at radius 3 is 2.50 bits per heavy atom. The van der Waals surface area contributed by atoms with Gasteiger partial charge in [0, 0.05) is 22.6 Å². The highest BCUT2D eigenvalue weighted by atomic mass is 19.4. The van der Waals surface area contributed by atoms with Crippen LogP contribution in [-0.4, -0.2) is 22.5 Å². The second-order valence-corrected chi connectivity index (χ2v) is 8.95. The van der Waals surface area contributed by atoms with E-state index in [4.69, 9.17) is 10.8 Å². The number of quaternary nitrogens is 1. The minimum absolute atomic E-state index is 0.0854. The number of aliphatic imine (C=N–C) groups is 2. The van der Waals surface area contributed by atoms with E-state index in [1.54, 1.807) is 24.7 Å². The van der Waals surface area contributed by atoms with Crippen molar-refractivity contribution in [3.05, 3.63) is 101 Å². The van der Waals surface area contributed by atoms with E-state index in [0.29, 0.717) is 16.9 Å². The van der Waals surface area contributed by atoms with Crippen LogP contribution in [0.4, 0.5) is 18.9 Å². The second kappa shape index (κ2) is 8.54. The number of hydrogen-bond acceptors (Lipinski definition) is 4. The summed E-state index contributed by atoms with van der Waals surface area (Å²) in [6.07, 6.45) is 0.580. The van der Waals surface area contributed by atoms with E-state index in [1.807, 2.05) is 44.2 Å². The number of nitrogens with zero attached hydrogens (tertiary/aromatic N) is 3. The lowest BCUT2D eigenvalue weighted by atomic mass is 10.0. The number of fused-ring (bicyclic) bond motifs is 2. The van der Waals surface area contributed by atoms with Gasteiger partial charge in [0.1, 0.15) is 11.9 Å². The first-order valence-corrected chi connectivity index (χ1v) is 11.3. The summed E-state index contributed by atoms with van der Waals surface area (Å²) >= 11 is 0. The topological polar surface area (TPSA) is 79.8 Å². The highest BCUT2D eigenvalue weighted by molar-refractivity contribution is 6.15. The minimum atomic E-state index is -4.54. The quantitative estimate of drug-likeness (QED) is 0.348. The molecule has 5 rings (SSSR count). The summed E-state index contributed by atoms with van der Waals surface area (Å²) in [6, 6.07) is 15.3. The first kappa shape index (κ1) is 23.7. The van der Waals surface area contributed by atoms with Crippen LogP contribution in [0.15, 0.2) is 94.4 Å². The lowest BCUT2D eigenvalue weighted by molar-refractivity contribution is -0.750. The smallest absolute Gasteiger partial charge is 0.321 e. The molecule has 0 aliphatic carbocycles. The van der Waals surface area contributed by atoms with E-state index in [-0.39, 0.29) is 16.1 Å². The number of carbonyl (C=O) groups excluding carboxylic acids is 1. The van der Waals surface area contributed by atoms with E-state index < -0.39 is 17.6 Å². The Labute approximate surface area is 205 Å². The summed E-state index contributed by atoms with van der Waals surface area (Å²) in [5, 5.41) is 4.26. The molecule has 2 aliphatic rings. The Hall–Kier alpha value is -4.08. The van der Waals surface area contributed by atoms with Crippen molar-refractivity contribution in [2.45, 2.75) is 20.0 Å². The third-order valence-electron chi connectivity index (χ3n) is 6.23. The highest BCUT2D eigenvalue weighted by Gasteiger charge is 2.45. The van der Waals surface area contributed by atoms with Crippen LogP contribution >= 0.6 is 0 Å². The van der Waals surface area contributed by atoms with Crippen molar-refractivity contribution in [3.8, 4) is 0 Å². The average Bonchev–Trinajstić information content (AvgIpc) is 3.17. The fourth-order valence-corrected chi connectivity index (χ4v) is 4.45. The maximum absolute atomic E-state index is 13.1. The number of carbonyl (C=O) groups is 1. The van der Waals surface area contributed by atoms with Crippen LogP contribution in [0.5, 0.6) is 0 Å². The molecule has 0 aromatic heterocycles. The fraction of sp³-hybridized carbons (Fsp3) is 0.148. The number of rotatable bonds is 4. The van der Waals surface area contributed by atoms with Gasteiger partial charge in [-0.3, -0.25) is 9.79 Å². The molecule has 0 fully saturated rings. The Balaban J connectivity index is 1.56. The van der Waals surface area contributed by atoms with Crippen LogP contribution in [0.3, 0.4) is 0 Å². The average molecular weight is 491 g/mol. The van der Waals surface area contributed by atoms with Crippen molar-refractivity contribution >= 4 is 34.4 Å². The van der Waals surface area contributed by atoms with E-state index in [9.17, 15) is 18.0 Å². The van der Waals surface area contributed by atoms with Crippen LogP contribution < -0.4 is 11.2 Å². The van der Waals surface area contributed by atoms with Crippen molar-refractivity contribution in [1.29, 1.82) is 0 Å². The summed E-state index contributed by atoms with van der Waals surface area (Å²) in [5.74, 6) is 6.91. The zero-order valence-corrected chi connectivity index (χ0v) is 19.5. The van der Waals surface area contributed by atoms with Crippen molar-refractivity contribution < 1.29 is 22.6 Å². The van der Waals surface area contributed by atoms with Gasteiger partial charge in [0.15, 0.2) is 0 Å². The van der Waals surface area contributed by atoms with Crippen molar-refractivity contribution in [1.82, 2.24) is 0 Å². The van der Waals surface area contributed by atoms with Gasteiger partial charge in [-0.25, -0.2) is 0 Å². The molecule has 9 heteroatoms. The van der Waals surface area contributed by atoms with Crippen LogP contribution in [0, 0.1) is 5.92 Å². The summed E-state index contributed by atoms with van der Waals surface area (Å²) in [7, 11) is 0. The van der Waals surface area contributed by atoms with Crippen LogP contribution in [0.2, 0.25) is 0 Å². The van der Waals surface area contributed by atoms with E-state index in [0.717, 1.165) is 34.5 Å². The molecule has 0 bridgehead atoms. The number of nitrogens with two attached hydrogens (primary N) is 1. The third kappa shape index (κ3) is 3.92. The number of hydrogen-bond donors (Lipinski definition) is 2. The predicted octanol–water partition coefficient (Wildman–Crippen LogP) is 5.98. The minimum Gasteiger partial charge on any atom is -0.321 e. The zero-order chi connectivity index (χ0) is 25.7. The van der Waals surface area contributed by atoms with Crippen LogP contribution in [0.25, 0.3) is 10.8 Å². The lowest BCUT2D eigenvalue weighted by Gasteiger charge is -2.27. The monoisotopic (exact) mass is 490 g/mol. The molecular weight excluding hydrogens is 467 g/mol. The molecule has 3 N–H and O–H groups in total. The SMILES string of the molecule is CC(C)C1=C2C=NC=C[N+]2(N)C(c2ccc(NC(=O)c3cccc(C(F)(F)F)c3)c3ccccc23)=N1. The molecule has 1 amide bonds. The standard InChI is InChI=1S/C27H22F3N5O/c1-16(2)24-23-15-32-12-13-35(23,31)25(34-24)21-10-11-22(20-9-4-3-8-19(20)21)33-26(36)17-6-5-7-18(14-17)27(28,29)30/h3-16H,31H2,1-2H3/p+1. The van der Waals surface area contributed by atoms with Gasteiger partial charge in [0.05, 0.1) is 23.5 Å². The molecule has 2 heterocycles. The maximum atomic E-state index is 13.1. The number of alkyl halides is 3. The van der Waals surface area contributed by atoms with Crippen LogP contribution in [0.1, 0.15) is 35.3 Å². The Morgan fingerprint density at radius 1 is 1.03 bits per heavy atom. The third-order valence-corrected chi connectivity index (χ3v) is 6.23. The Bertz CT molecular complexity index is 1520. The summed E-state index contributed by atoms with van der Waals surface area (Å²) in [6.45, 7) is 4.07. The highest BCUT2D eigenvalue weighted by Crippen LogP contribution is 2.37. The fourth-order valence-electron chi connectivity index (χ4n) is 4.45. The molecule has 3 aromatic carbocycles. The van der Waals surface area contributed by atoms with Crippen molar-refractivity contribution in [2.75, 3.05) is 5.32 Å². The first-order chi connectivity index (χ1) is 17.1. The van der Waals surface area contributed by atoms with Crippen LogP contribution in [-0.2, 0) is 6.18 Å². The molecule has 1 atom stereocenters. The molecule has 36 heavy (non-hydrogen) atoms. The molecule has 1 unspecified atom stereocenters. The summed E-state index contributed by atoms with van der Waals surface area (Å²) < 4.78 is 39.2. The summed E-state index contributed by atoms with van der Waals surface area (Å²) in [5.41, 5.74) is 1.90. The van der Waals surface area contributed by atoms with Crippen molar-refractivity contribution in [2.24, 2.45) is 21.7 Å². The van der Waals surface area contributed by atoms with E-state index in [1.165, 1.54) is 12.1 Å². The second-order valence-electron chi connectivity index (χ2n) is 8.95. The van der Waals surface area contributed by atoms with E-state index >= 15 is 0 Å². The van der Waals surface area contributed by atoms with Gasteiger partial charge in [-0.05, 0) is 35.7 Å². The Kier molecular flexibility index (Phi) is 5.61. The summed E-state index contributed by atoms with van der Waals surface area (Å²) in [4.78, 5) is 22.0. The van der Waals surface area contributed by atoms with Gasteiger partial charge in [-0.1, -0.05) is 44.2 Å². The maximum Gasteiger partial charge on any atom is 0.416 e. The van der Waals surface area contributed by atoms with E-state index in [2.05, 4.69) is 10.3 Å². The van der Waals surface area contributed by atoms with Gasteiger partial charge in [0.2, 0.25) is 5.70 Å². The number of halogens is 3. The largest absolute Gasteiger partial charge is 0.416 e. The number of anilines is 1. The number of allylic oxidation sites excluding steroid dienone is 2. The van der Waals surface area contributed by atoms with Gasteiger partial charge in [0.25, 0.3) is 11.7 Å². The van der Waals surface area contributed by atoms with Gasteiger partial charge < -0.3 is 5.32 Å². The number of amides is 1. The molecule has 0 saturated carbocycles. The van der Waals surface area contributed by atoms with Crippen molar-refractivity contribution in [3.63, 3.8) is 0 Å². The molecule has 0 spiro atoms. The van der Waals surface area contributed by atoms with Gasteiger partial charge in [-0.2, -0.15) is 24.0 Å². The molecule has 2 aliphatic heterocycles. The predicted molar refractivity (Wildman–Crippen MR) is 134 cm³/mol. The normalized spacial score (nSPS) is 19.1. The lowest BCUT2D eigenvalue weighted by Crippen LogP contribution is -2.53. The number of nitrogens with one attached hydrogen (secondary N) is 1. The number of benzene rings is 3.